The second kappa shape index (κ2) is 10.3. The summed E-state index contributed by atoms with van der Waals surface area (Å²) < 4.78 is 5.75. The van der Waals surface area contributed by atoms with Gasteiger partial charge in [-0.2, -0.15) is 0 Å². The molecular formula is C21H36N5O2+. The summed E-state index contributed by atoms with van der Waals surface area (Å²) in [6.45, 7) is 10.9. The van der Waals surface area contributed by atoms with Crippen molar-refractivity contribution in [3.63, 3.8) is 0 Å². The molecule has 0 bridgehead atoms. The Morgan fingerprint density at radius 3 is 2.75 bits per heavy atom. The van der Waals surface area contributed by atoms with E-state index in [0.29, 0.717) is 13.1 Å². The second-order valence-corrected chi connectivity index (χ2v) is 8.00. The van der Waals surface area contributed by atoms with E-state index < -0.39 is 5.60 Å². The van der Waals surface area contributed by atoms with E-state index in [0.717, 1.165) is 43.6 Å². The molecule has 1 fully saturated rings. The number of piperazine rings is 1. The highest BCUT2D eigenvalue weighted by atomic mass is 16.6. The van der Waals surface area contributed by atoms with E-state index in [1.54, 1.807) is 6.20 Å². The molecule has 2 heterocycles. The molecule has 1 saturated heterocycles. The molecule has 7 nitrogen and oxygen atoms in total. The summed E-state index contributed by atoms with van der Waals surface area (Å²) in [5, 5.41) is 3.40. The van der Waals surface area contributed by atoms with Crippen LogP contribution in [0.15, 0.2) is 35.8 Å². The maximum atomic E-state index is 12.5. The van der Waals surface area contributed by atoms with Crippen LogP contribution in [0.2, 0.25) is 0 Å². The van der Waals surface area contributed by atoms with E-state index in [2.05, 4.69) is 28.2 Å². The van der Waals surface area contributed by atoms with Crippen LogP contribution in [0.25, 0.3) is 0 Å². The molecule has 2 rings (SSSR count). The topological polar surface area (TPSA) is 84.8 Å². The van der Waals surface area contributed by atoms with Crippen LogP contribution in [0, 0.1) is 0 Å². The molecule has 7 heteroatoms. The second-order valence-electron chi connectivity index (χ2n) is 8.00. The fourth-order valence-electron chi connectivity index (χ4n) is 3.27. The molecule has 28 heavy (non-hydrogen) atoms. The number of nitrogens with one attached hydrogen (secondary N) is 2. The Morgan fingerprint density at radius 2 is 2.11 bits per heavy atom. The molecule has 2 aliphatic heterocycles. The van der Waals surface area contributed by atoms with Gasteiger partial charge in [0.15, 0.2) is 12.4 Å². The Hall–Kier alpha value is -2.28. The largest absolute Gasteiger partial charge is 0.443 e. The number of rotatable bonds is 7. The summed E-state index contributed by atoms with van der Waals surface area (Å²) in [6.07, 6.45) is 12.3. The van der Waals surface area contributed by atoms with Gasteiger partial charge in [-0.3, -0.25) is 4.90 Å². The van der Waals surface area contributed by atoms with Gasteiger partial charge in [-0.25, -0.2) is 9.79 Å². The molecule has 1 amide bonds. The van der Waals surface area contributed by atoms with Crippen molar-refractivity contribution in [2.24, 2.45) is 5.73 Å². The maximum absolute atomic E-state index is 12.5. The molecule has 1 atom stereocenters. The zero-order valence-corrected chi connectivity index (χ0v) is 17.7. The van der Waals surface area contributed by atoms with Gasteiger partial charge in [-0.1, -0.05) is 13.3 Å². The minimum absolute atomic E-state index is 0.0472. The molecule has 0 spiro atoms. The fraction of sp³-hybridized carbons (Fsp3) is 0.619. The van der Waals surface area contributed by atoms with Crippen LogP contribution in [-0.2, 0) is 4.74 Å². The van der Waals surface area contributed by atoms with Crippen molar-refractivity contribution >= 4 is 12.3 Å². The minimum atomic E-state index is -0.413. The SMILES string of the molecule is CCCCC(C)(C)OC(=O)N1CCN(C2NC=CC=C2[NH+]=CC(C)=CN)CC1. The minimum Gasteiger partial charge on any atom is -0.443 e. The van der Waals surface area contributed by atoms with Gasteiger partial charge >= 0.3 is 6.09 Å². The molecular weight excluding hydrogens is 354 g/mol. The molecule has 1 unspecified atom stereocenters. The lowest BCUT2D eigenvalue weighted by Crippen LogP contribution is -2.74. The van der Waals surface area contributed by atoms with Crippen LogP contribution in [0.4, 0.5) is 4.79 Å². The standard InChI is InChI=1S/C21H35N5O2/c1-5-6-9-21(3,4)28-20(27)26-13-11-25(12-14-26)19-18(8-7-10-23-19)24-16-17(2)15-22/h7-8,10,15-16,19,23H,5-6,9,11-14,22H2,1-4H3/p+1. The number of unbranched alkanes of at least 4 members (excludes halogenated alkanes) is 1. The highest BCUT2D eigenvalue weighted by molar-refractivity contribution is 5.72. The first kappa shape index (κ1) is 22.0. The van der Waals surface area contributed by atoms with E-state index in [9.17, 15) is 4.79 Å². The third-order valence-corrected chi connectivity index (χ3v) is 5.08. The van der Waals surface area contributed by atoms with Crippen LogP contribution in [-0.4, -0.2) is 60.1 Å². The summed E-state index contributed by atoms with van der Waals surface area (Å²) in [7, 11) is 0. The molecule has 0 aromatic rings. The predicted octanol–water partition coefficient (Wildman–Crippen LogP) is 1.05. The highest BCUT2D eigenvalue weighted by Gasteiger charge is 2.33. The highest BCUT2D eigenvalue weighted by Crippen LogP contribution is 2.20. The van der Waals surface area contributed by atoms with Gasteiger partial charge in [0.1, 0.15) is 5.60 Å². The summed E-state index contributed by atoms with van der Waals surface area (Å²) in [5.41, 5.74) is 7.15. The number of carbonyl (C=O) groups excluding carboxylic acids is 1. The van der Waals surface area contributed by atoms with Gasteiger partial charge in [-0.05, 0) is 45.9 Å². The van der Waals surface area contributed by atoms with E-state index in [4.69, 9.17) is 10.5 Å². The van der Waals surface area contributed by atoms with E-state index in [-0.39, 0.29) is 12.3 Å². The number of nitrogens with zero attached hydrogens (tertiary/aromatic N) is 2. The molecule has 0 radical (unpaired) electrons. The van der Waals surface area contributed by atoms with Crippen LogP contribution < -0.4 is 16.0 Å². The van der Waals surface area contributed by atoms with Gasteiger partial charge < -0.3 is 20.7 Å². The van der Waals surface area contributed by atoms with Crippen LogP contribution >= 0.6 is 0 Å². The summed E-state index contributed by atoms with van der Waals surface area (Å²) in [5.74, 6) is 0. The number of amides is 1. The van der Waals surface area contributed by atoms with Gasteiger partial charge in [0, 0.05) is 44.0 Å². The third kappa shape index (κ3) is 6.41. The van der Waals surface area contributed by atoms with Crippen LogP contribution in [0.3, 0.4) is 0 Å². The quantitative estimate of drug-likeness (QED) is 0.566. The number of ether oxygens (including phenoxy) is 1. The molecule has 4 N–H and O–H groups in total. The van der Waals surface area contributed by atoms with Crippen molar-refractivity contribution in [1.82, 2.24) is 15.1 Å². The number of allylic oxidation sites excluding steroid dienone is 3. The first-order valence-electron chi connectivity index (χ1n) is 10.2. The number of nitrogens with two attached hydrogens (primary N) is 1. The molecule has 2 aliphatic rings. The molecule has 156 valence electrons. The summed E-state index contributed by atoms with van der Waals surface area (Å²) >= 11 is 0. The van der Waals surface area contributed by atoms with Crippen LogP contribution in [0.5, 0.6) is 0 Å². The number of hydrogen-bond donors (Lipinski definition) is 3. The van der Waals surface area contributed by atoms with Gasteiger partial charge in [0.2, 0.25) is 5.70 Å². The maximum Gasteiger partial charge on any atom is 0.410 e. The Balaban J connectivity index is 1.90. The lowest BCUT2D eigenvalue weighted by atomic mass is 10.0. The molecule has 0 aromatic carbocycles. The number of hydrogen-bond acceptors (Lipinski definition) is 5. The van der Waals surface area contributed by atoms with Gasteiger partial charge in [0.05, 0.1) is 0 Å². The Kier molecular flexibility index (Phi) is 8.11. The molecule has 0 saturated carbocycles. The zero-order valence-electron chi connectivity index (χ0n) is 17.7. The lowest BCUT2D eigenvalue weighted by Gasteiger charge is -2.39. The van der Waals surface area contributed by atoms with Crippen molar-refractivity contribution < 1.29 is 14.5 Å². The Bertz CT molecular complexity index is 643. The van der Waals surface area contributed by atoms with Crippen molar-refractivity contribution in [2.75, 3.05) is 26.2 Å². The van der Waals surface area contributed by atoms with Gasteiger partial charge in [0.25, 0.3) is 0 Å². The third-order valence-electron chi connectivity index (χ3n) is 5.08. The normalized spacial score (nSPS) is 21.6. The summed E-state index contributed by atoms with van der Waals surface area (Å²) in [4.78, 5) is 20.0. The molecule has 0 aliphatic carbocycles. The predicted molar refractivity (Wildman–Crippen MR) is 112 cm³/mol. The average Bonchev–Trinajstić information content (AvgIpc) is 2.70. The monoisotopic (exact) mass is 390 g/mol. The number of carbonyl (C=O) groups is 1. The van der Waals surface area contributed by atoms with Crippen molar-refractivity contribution in [1.29, 1.82) is 0 Å². The fourth-order valence-corrected chi connectivity index (χ4v) is 3.27. The smallest absolute Gasteiger partial charge is 0.410 e. The molecule has 0 aromatic heterocycles. The zero-order chi connectivity index (χ0) is 20.6. The van der Waals surface area contributed by atoms with Crippen LogP contribution in [0.1, 0.15) is 47.0 Å². The van der Waals surface area contributed by atoms with Gasteiger partial charge in [-0.15, -0.1) is 0 Å². The number of dihydropyridines is 1. The average molecular weight is 391 g/mol. The van der Waals surface area contributed by atoms with E-state index >= 15 is 0 Å². The van der Waals surface area contributed by atoms with E-state index in [1.807, 2.05) is 44.2 Å². The van der Waals surface area contributed by atoms with E-state index in [1.165, 1.54) is 0 Å². The van der Waals surface area contributed by atoms with Crippen molar-refractivity contribution in [2.45, 2.75) is 58.7 Å². The summed E-state index contributed by atoms with van der Waals surface area (Å²) in [6, 6.07) is 0. The lowest BCUT2D eigenvalue weighted by molar-refractivity contribution is -0.402. The first-order valence-corrected chi connectivity index (χ1v) is 10.2. The van der Waals surface area contributed by atoms with Crippen molar-refractivity contribution in [3.05, 3.63) is 35.8 Å². The van der Waals surface area contributed by atoms with Crippen molar-refractivity contribution in [3.8, 4) is 0 Å². The Morgan fingerprint density at radius 1 is 1.39 bits per heavy atom. The Labute approximate surface area is 169 Å². The first-order chi connectivity index (χ1) is 13.4.